The highest BCUT2D eigenvalue weighted by Gasteiger charge is 2.09. The Kier molecular flexibility index (Phi) is 13.3. The predicted octanol–water partition coefficient (Wildman–Crippen LogP) is 14.3. The molecule has 260 valence electrons. The second kappa shape index (κ2) is 18.4. The summed E-state index contributed by atoms with van der Waals surface area (Å²) in [5, 5.41) is 0. The van der Waals surface area contributed by atoms with Gasteiger partial charge >= 0.3 is 0 Å². The van der Waals surface area contributed by atoms with Gasteiger partial charge in [0.15, 0.2) is 0 Å². The minimum absolute atomic E-state index is 0.589. The van der Waals surface area contributed by atoms with Crippen LogP contribution in [-0.2, 0) is 0 Å². The number of pyridine rings is 1. The molecule has 0 aliphatic rings. The molecule has 0 radical (unpaired) electrons. The molecule has 0 aliphatic carbocycles. The Labute approximate surface area is 312 Å². The summed E-state index contributed by atoms with van der Waals surface area (Å²) < 4.78 is 0. The van der Waals surface area contributed by atoms with Gasteiger partial charge in [-0.1, -0.05) is 189 Å². The van der Waals surface area contributed by atoms with E-state index in [-0.39, 0.29) is 0 Å². The Bertz CT molecular complexity index is 2120. The molecule has 0 aliphatic heterocycles. The van der Waals surface area contributed by atoms with Gasteiger partial charge in [-0.15, -0.1) is 0 Å². The smallest absolute Gasteiger partial charge is 0.0715 e. The minimum Gasteiger partial charge on any atom is -0.248 e. The van der Waals surface area contributed by atoms with E-state index in [1.165, 1.54) is 55.6 Å². The van der Waals surface area contributed by atoms with Crippen LogP contribution in [0.3, 0.4) is 0 Å². The molecule has 7 rings (SSSR count). The molecule has 1 aromatic heterocycles. The van der Waals surface area contributed by atoms with E-state index in [4.69, 9.17) is 4.98 Å². The number of hydrogen-bond acceptors (Lipinski definition) is 1. The van der Waals surface area contributed by atoms with Gasteiger partial charge in [0, 0.05) is 11.1 Å². The summed E-state index contributed by atoms with van der Waals surface area (Å²) in [5.41, 5.74) is 17.3. The first-order chi connectivity index (χ1) is 25.2. The lowest BCUT2D eigenvalue weighted by Gasteiger charge is -2.13. The first-order valence-electron chi connectivity index (χ1n) is 18.2. The van der Waals surface area contributed by atoms with E-state index in [1.54, 1.807) is 0 Å². The molecule has 0 bridgehead atoms. The molecule has 1 heteroatoms. The van der Waals surface area contributed by atoms with E-state index in [0.29, 0.717) is 5.92 Å². The second-order valence-corrected chi connectivity index (χ2v) is 13.8. The standard InChI is InChI=1S/C24H19N.C20H24.C7H8/c1-18-12-14-19(15-13-18)22-16-23(20-8-4-2-5-9-20)25-24(17-22)21-10-6-3-7-11-21;1-14(2)10-11-18-12-17(5)20(13-16(18)4)19-9-7-6-8-15(19)3;1-7-5-3-2-4-6-7/h2-17H,1H3;6-14H,1-5H3;2-6H,1H3/b;11-10-;. The summed E-state index contributed by atoms with van der Waals surface area (Å²) in [4.78, 5) is 4.92. The number of benzene rings is 6. The van der Waals surface area contributed by atoms with Crippen molar-refractivity contribution in [3.63, 3.8) is 0 Å². The topological polar surface area (TPSA) is 12.9 Å². The van der Waals surface area contributed by atoms with Crippen LogP contribution in [0.2, 0.25) is 0 Å². The van der Waals surface area contributed by atoms with E-state index in [2.05, 4.69) is 194 Å². The van der Waals surface area contributed by atoms with Gasteiger partial charge in [-0.05, 0) is 97.2 Å². The SMILES string of the molecule is Cc1cc(-c2ccccc2C)c(C)cc1/C=C\C(C)C.Cc1ccc(-c2cc(-c3ccccc3)nc(-c3ccccc3)c2)cc1.Cc1ccccc1. The first-order valence-corrected chi connectivity index (χ1v) is 18.2. The average molecular weight is 678 g/mol. The molecule has 0 fully saturated rings. The molecule has 0 N–H and O–H groups in total. The summed E-state index contributed by atoms with van der Waals surface area (Å²) in [6.07, 6.45) is 4.50. The Morgan fingerprint density at radius 1 is 0.404 bits per heavy atom. The van der Waals surface area contributed by atoms with Crippen molar-refractivity contribution in [3.05, 3.63) is 203 Å². The molecule has 0 saturated heterocycles. The van der Waals surface area contributed by atoms with Crippen molar-refractivity contribution in [3.8, 4) is 44.8 Å². The lowest BCUT2D eigenvalue weighted by atomic mass is 9.92. The van der Waals surface area contributed by atoms with Crippen molar-refractivity contribution >= 4 is 6.08 Å². The molecule has 1 heterocycles. The number of rotatable bonds is 6. The minimum atomic E-state index is 0.589. The number of hydrogen-bond donors (Lipinski definition) is 0. The third kappa shape index (κ3) is 10.6. The third-order valence-corrected chi connectivity index (χ3v) is 9.00. The Hall–Kier alpha value is -5.79. The molecular weight excluding hydrogens is 627 g/mol. The normalized spacial score (nSPS) is 10.7. The van der Waals surface area contributed by atoms with Crippen molar-refractivity contribution in [1.29, 1.82) is 0 Å². The third-order valence-electron chi connectivity index (χ3n) is 9.00. The van der Waals surface area contributed by atoms with Crippen LogP contribution in [0.5, 0.6) is 0 Å². The first kappa shape index (κ1) is 37.5. The Morgan fingerprint density at radius 3 is 1.40 bits per heavy atom. The van der Waals surface area contributed by atoms with Crippen LogP contribution < -0.4 is 0 Å². The molecule has 52 heavy (non-hydrogen) atoms. The van der Waals surface area contributed by atoms with Crippen molar-refractivity contribution in [2.24, 2.45) is 5.92 Å². The summed E-state index contributed by atoms with van der Waals surface area (Å²) in [6.45, 7) is 15.2. The zero-order valence-electron chi connectivity index (χ0n) is 31.8. The van der Waals surface area contributed by atoms with Crippen molar-refractivity contribution in [1.82, 2.24) is 4.98 Å². The largest absolute Gasteiger partial charge is 0.248 e. The van der Waals surface area contributed by atoms with Gasteiger partial charge in [-0.2, -0.15) is 0 Å². The lowest BCUT2D eigenvalue weighted by Crippen LogP contribution is -1.91. The maximum Gasteiger partial charge on any atom is 0.0715 e. The molecule has 0 atom stereocenters. The fraction of sp³-hybridized carbons (Fsp3) is 0.157. The highest BCUT2D eigenvalue weighted by molar-refractivity contribution is 5.77. The lowest BCUT2D eigenvalue weighted by molar-refractivity contribution is 0.836. The molecule has 0 spiro atoms. The van der Waals surface area contributed by atoms with Crippen LogP contribution in [0.15, 0.2) is 170 Å². The van der Waals surface area contributed by atoms with Crippen LogP contribution in [0.1, 0.15) is 47.2 Å². The van der Waals surface area contributed by atoms with Gasteiger partial charge < -0.3 is 0 Å². The van der Waals surface area contributed by atoms with Gasteiger partial charge in [0.2, 0.25) is 0 Å². The quantitative estimate of drug-likeness (QED) is 0.171. The maximum absolute atomic E-state index is 4.92. The number of allylic oxidation sites excluding steroid dienone is 1. The summed E-state index contributed by atoms with van der Waals surface area (Å²) in [7, 11) is 0. The molecule has 0 saturated carbocycles. The van der Waals surface area contributed by atoms with Crippen LogP contribution in [0.4, 0.5) is 0 Å². The highest BCUT2D eigenvalue weighted by Crippen LogP contribution is 2.31. The summed E-state index contributed by atoms with van der Waals surface area (Å²) in [6, 6.07) is 57.2. The van der Waals surface area contributed by atoms with E-state index in [0.717, 1.165) is 22.5 Å². The Morgan fingerprint density at radius 2 is 0.904 bits per heavy atom. The molecule has 1 nitrogen and oxygen atoms in total. The van der Waals surface area contributed by atoms with Crippen LogP contribution >= 0.6 is 0 Å². The molecule has 0 unspecified atom stereocenters. The van der Waals surface area contributed by atoms with Crippen LogP contribution in [0, 0.1) is 40.5 Å². The average Bonchev–Trinajstić information content (AvgIpc) is 3.17. The van der Waals surface area contributed by atoms with Crippen LogP contribution in [0.25, 0.3) is 50.8 Å². The highest BCUT2D eigenvalue weighted by atomic mass is 14.7. The number of nitrogens with zero attached hydrogens (tertiary/aromatic N) is 1. The fourth-order valence-electron chi connectivity index (χ4n) is 5.97. The molecule has 6 aromatic carbocycles. The summed E-state index contributed by atoms with van der Waals surface area (Å²) >= 11 is 0. The second-order valence-electron chi connectivity index (χ2n) is 13.8. The van der Waals surface area contributed by atoms with E-state index in [1.807, 2.05) is 30.3 Å². The Balaban J connectivity index is 0.000000173. The fourth-order valence-corrected chi connectivity index (χ4v) is 5.97. The monoisotopic (exact) mass is 677 g/mol. The summed E-state index contributed by atoms with van der Waals surface area (Å²) in [5.74, 6) is 0.589. The van der Waals surface area contributed by atoms with Gasteiger partial charge in [0.1, 0.15) is 0 Å². The predicted molar refractivity (Wildman–Crippen MR) is 226 cm³/mol. The van der Waals surface area contributed by atoms with Gasteiger partial charge in [-0.3, -0.25) is 0 Å². The van der Waals surface area contributed by atoms with Crippen molar-refractivity contribution in [2.45, 2.75) is 48.5 Å². The number of aryl methyl sites for hydroxylation is 5. The van der Waals surface area contributed by atoms with E-state index in [9.17, 15) is 0 Å². The van der Waals surface area contributed by atoms with Gasteiger partial charge in [-0.25, -0.2) is 4.98 Å². The zero-order chi connectivity index (χ0) is 36.9. The maximum atomic E-state index is 4.92. The van der Waals surface area contributed by atoms with Crippen molar-refractivity contribution in [2.75, 3.05) is 0 Å². The van der Waals surface area contributed by atoms with Crippen molar-refractivity contribution < 1.29 is 0 Å². The molecule has 7 aromatic rings. The molecule has 0 amide bonds. The van der Waals surface area contributed by atoms with E-state index < -0.39 is 0 Å². The van der Waals surface area contributed by atoms with Gasteiger partial charge in [0.25, 0.3) is 0 Å². The zero-order valence-corrected chi connectivity index (χ0v) is 31.8. The molecular formula is C51H51N. The van der Waals surface area contributed by atoms with Gasteiger partial charge in [0.05, 0.1) is 11.4 Å². The van der Waals surface area contributed by atoms with E-state index >= 15 is 0 Å². The van der Waals surface area contributed by atoms with Crippen LogP contribution in [-0.4, -0.2) is 4.98 Å². The number of aromatic nitrogens is 1.